The molecule has 0 fully saturated rings. The maximum absolute atomic E-state index is 14.1. The third-order valence-electron chi connectivity index (χ3n) is 3.61. The van der Waals surface area contributed by atoms with Crippen molar-refractivity contribution >= 4 is 17.2 Å². The van der Waals surface area contributed by atoms with E-state index in [1.54, 1.807) is 13.8 Å². The second kappa shape index (κ2) is 6.14. The summed E-state index contributed by atoms with van der Waals surface area (Å²) in [6, 6.07) is 1.46. The summed E-state index contributed by atoms with van der Waals surface area (Å²) in [5.41, 5.74) is 6.86. The number of methoxy groups -OCH3 is 1. The van der Waals surface area contributed by atoms with Crippen LogP contribution in [-0.2, 0) is 4.74 Å². The molecular weight excluding hydrogens is 290 g/mol. The molecule has 2 atom stereocenters. The molecule has 116 valence electrons. The first-order valence-corrected chi connectivity index (χ1v) is 6.71. The number of anilines is 1. The number of rotatable bonds is 3. The number of nitrogen functional groups attached to an aromatic ring is 1. The molecule has 6 heteroatoms. The Balaban J connectivity index is 2.65. The largest absolute Gasteiger partial charge is 0.464 e. The monoisotopic (exact) mass is 306 g/mol. The van der Waals surface area contributed by atoms with E-state index in [-0.39, 0.29) is 28.2 Å². The number of hydrogen-bond donors (Lipinski definition) is 1. The third-order valence-corrected chi connectivity index (χ3v) is 3.61. The van der Waals surface area contributed by atoms with Crippen LogP contribution in [0, 0.1) is 24.7 Å². The molecule has 0 aliphatic heterocycles. The van der Waals surface area contributed by atoms with E-state index in [2.05, 4.69) is 21.6 Å². The molecule has 2 unspecified atom stereocenters. The van der Waals surface area contributed by atoms with Crippen LogP contribution in [-0.4, -0.2) is 30.9 Å². The number of allylic oxidation sites excluding steroid dienone is 2. The molecule has 0 saturated heterocycles. The molecule has 1 aromatic heterocycles. The van der Waals surface area contributed by atoms with Crippen LogP contribution in [0.1, 0.15) is 28.7 Å². The van der Waals surface area contributed by atoms with Crippen LogP contribution in [0.3, 0.4) is 0 Å². The average Bonchev–Trinajstić information content (AvgIpc) is 2.51. The Bertz CT molecular complexity index is 717. The molecule has 0 saturated carbocycles. The predicted molar refractivity (Wildman–Crippen MR) is 79.5 cm³/mol. The second-order valence-corrected chi connectivity index (χ2v) is 5.06. The number of alkyl halides is 2. The van der Waals surface area contributed by atoms with E-state index < -0.39 is 24.7 Å². The Morgan fingerprint density at radius 2 is 2.23 bits per heavy atom. The van der Waals surface area contributed by atoms with Crippen LogP contribution in [0.15, 0.2) is 11.6 Å². The summed E-state index contributed by atoms with van der Waals surface area (Å²) in [4.78, 5) is 15.9. The molecule has 0 aromatic carbocycles. The smallest absolute Gasteiger partial charge is 0.357 e. The van der Waals surface area contributed by atoms with Gasteiger partial charge in [0.1, 0.15) is 12.8 Å². The topological polar surface area (TPSA) is 65.2 Å². The Hall–Kier alpha value is -2.42. The van der Waals surface area contributed by atoms with Gasteiger partial charge in [0.25, 0.3) is 0 Å². The maximum atomic E-state index is 14.1. The lowest BCUT2D eigenvalue weighted by atomic mass is 9.89. The highest BCUT2D eigenvalue weighted by Crippen LogP contribution is 2.30. The SMILES string of the molecule is COC(=O)c1nc(C2=C(CF)C(F)C(C)C#C2)cc(N)c1C. The molecule has 0 amide bonds. The van der Waals surface area contributed by atoms with E-state index in [0.717, 1.165) is 0 Å². The highest BCUT2D eigenvalue weighted by Gasteiger charge is 2.27. The van der Waals surface area contributed by atoms with Gasteiger partial charge < -0.3 is 10.5 Å². The fraction of sp³-hybridized carbons (Fsp3) is 0.375. The molecule has 2 rings (SSSR count). The summed E-state index contributed by atoms with van der Waals surface area (Å²) in [6.07, 6.45) is -1.51. The molecule has 2 N–H and O–H groups in total. The first-order valence-electron chi connectivity index (χ1n) is 6.71. The van der Waals surface area contributed by atoms with Gasteiger partial charge in [-0.15, -0.1) is 0 Å². The molecule has 1 aromatic rings. The molecular formula is C16H16F2N2O2. The second-order valence-electron chi connectivity index (χ2n) is 5.06. The molecule has 0 radical (unpaired) electrons. The summed E-state index contributed by atoms with van der Waals surface area (Å²) >= 11 is 0. The van der Waals surface area contributed by atoms with Gasteiger partial charge in [-0.1, -0.05) is 11.8 Å². The van der Waals surface area contributed by atoms with Gasteiger partial charge in [-0.2, -0.15) is 0 Å². The molecule has 4 nitrogen and oxygen atoms in total. The lowest BCUT2D eigenvalue weighted by Crippen LogP contribution is -2.20. The summed E-state index contributed by atoms with van der Waals surface area (Å²) in [5.74, 6) is 4.17. The van der Waals surface area contributed by atoms with Crippen LogP contribution in [0.5, 0.6) is 0 Å². The van der Waals surface area contributed by atoms with Crippen molar-refractivity contribution in [1.29, 1.82) is 0 Å². The van der Waals surface area contributed by atoms with Gasteiger partial charge >= 0.3 is 5.97 Å². The van der Waals surface area contributed by atoms with Crippen LogP contribution < -0.4 is 5.73 Å². The van der Waals surface area contributed by atoms with Crippen molar-refractivity contribution in [2.45, 2.75) is 20.0 Å². The molecule has 22 heavy (non-hydrogen) atoms. The summed E-state index contributed by atoms with van der Waals surface area (Å²) in [7, 11) is 1.22. The summed E-state index contributed by atoms with van der Waals surface area (Å²) in [5, 5.41) is 0. The van der Waals surface area contributed by atoms with E-state index in [0.29, 0.717) is 5.56 Å². The average molecular weight is 306 g/mol. The van der Waals surface area contributed by atoms with Crippen molar-refractivity contribution in [2.24, 2.45) is 5.92 Å². The van der Waals surface area contributed by atoms with E-state index in [1.807, 2.05) is 0 Å². The zero-order chi connectivity index (χ0) is 16.4. The molecule has 1 aliphatic carbocycles. The molecule has 0 bridgehead atoms. The van der Waals surface area contributed by atoms with Gasteiger partial charge in [0.05, 0.1) is 24.3 Å². The molecule has 0 spiro atoms. The fourth-order valence-electron chi connectivity index (χ4n) is 2.20. The Morgan fingerprint density at radius 1 is 1.55 bits per heavy atom. The number of nitrogens with zero attached hydrogens (tertiary/aromatic N) is 1. The Kier molecular flexibility index (Phi) is 4.45. The van der Waals surface area contributed by atoms with Crippen molar-refractivity contribution < 1.29 is 18.3 Å². The minimum atomic E-state index is -1.51. The van der Waals surface area contributed by atoms with Gasteiger partial charge in [-0.3, -0.25) is 0 Å². The van der Waals surface area contributed by atoms with Crippen molar-refractivity contribution in [3.63, 3.8) is 0 Å². The van der Waals surface area contributed by atoms with Crippen molar-refractivity contribution in [3.8, 4) is 11.8 Å². The summed E-state index contributed by atoms with van der Waals surface area (Å²) < 4.78 is 32.0. The highest BCUT2D eigenvalue weighted by molar-refractivity contribution is 5.92. The number of esters is 1. The highest BCUT2D eigenvalue weighted by atomic mass is 19.1. The minimum Gasteiger partial charge on any atom is -0.464 e. The van der Waals surface area contributed by atoms with Gasteiger partial charge in [0.2, 0.25) is 0 Å². The van der Waals surface area contributed by atoms with Crippen molar-refractivity contribution in [2.75, 3.05) is 19.5 Å². The van der Waals surface area contributed by atoms with Crippen molar-refractivity contribution in [1.82, 2.24) is 4.98 Å². The van der Waals surface area contributed by atoms with E-state index in [4.69, 9.17) is 5.73 Å². The number of hydrogen-bond acceptors (Lipinski definition) is 4. The first-order chi connectivity index (χ1) is 10.4. The number of carbonyl (C=O) groups excluding carboxylic acids is 1. The lowest BCUT2D eigenvalue weighted by Gasteiger charge is -2.20. The van der Waals surface area contributed by atoms with Gasteiger partial charge in [0.15, 0.2) is 5.69 Å². The number of ether oxygens (including phenoxy) is 1. The number of carbonyl (C=O) groups is 1. The number of nitrogens with two attached hydrogens (primary N) is 1. The minimum absolute atomic E-state index is 0.0130. The fourth-order valence-corrected chi connectivity index (χ4v) is 2.20. The number of pyridine rings is 1. The zero-order valence-electron chi connectivity index (χ0n) is 12.5. The van der Waals surface area contributed by atoms with Gasteiger partial charge in [0, 0.05) is 16.8 Å². The van der Waals surface area contributed by atoms with Crippen LogP contribution in [0.2, 0.25) is 0 Å². The molecule has 1 aliphatic rings. The lowest BCUT2D eigenvalue weighted by molar-refractivity contribution is 0.0593. The van der Waals surface area contributed by atoms with E-state index >= 15 is 0 Å². The van der Waals surface area contributed by atoms with E-state index in [1.165, 1.54) is 13.2 Å². The van der Waals surface area contributed by atoms with E-state index in [9.17, 15) is 13.6 Å². The van der Waals surface area contributed by atoms with Crippen LogP contribution >= 0.6 is 0 Å². The zero-order valence-corrected chi connectivity index (χ0v) is 12.5. The van der Waals surface area contributed by atoms with Gasteiger partial charge in [-0.25, -0.2) is 18.6 Å². The molecule has 1 heterocycles. The van der Waals surface area contributed by atoms with Gasteiger partial charge in [-0.05, 0) is 19.9 Å². The number of halogens is 2. The predicted octanol–water partition coefficient (Wildman–Crippen LogP) is 2.47. The Labute approximate surface area is 127 Å². The third kappa shape index (κ3) is 2.67. The van der Waals surface area contributed by atoms with Crippen LogP contribution in [0.4, 0.5) is 14.5 Å². The quantitative estimate of drug-likeness (QED) is 0.688. The van der Waals surface area contributed by atoms with Crippen LogP contribution in [0.25, 0.3) is 5.57 Å². The number of aromatic nitrogens is 1. The Morgan fingerprint density at radius 3 is 2.82 bits per heavy atom. The maximum Gasteiger partial charge on any atom is 0.357 e. The first kappa shape index (κ1) is 16.0. The van der Waals surface area contributed by atoms with Crippen molar-refractivity contribution in [3.05, 3.63) is 28.6 Å². The standard InChI is InChI=1S/C16H16F2N2O2/c1-8-4-5-10(11(7-17)14(8)18)13-6-12(19)9(2)15(20-13)16(21)22-3/h6,8,14H,7H2,1-3H3,(H2,19,20). The normalized spacial score (nSPS) is 20.4. The summed E-state index contributed by atoms with van der Waals surface area (Å²) in [6.45, 7) is 2.23.